The van der Waals surface area contributed by atoms with Gasteiger partial charge in [0.1, 0.15) is 11.4 Å². The molecule has 21 heavy (non-hydrogen) atoms. The maximum atomic E-state index is 13.3. The van der Waals surface area contributed by atoms with Crippen LogP contribution in [-0.2, 0) is 0 Å². The van der Waals surface area contributed by atoms with Crippen molar-refractivity contribution in [3.8, 4) is 0 Å². The van der Waals surface area contributed by atoms with E-state index in [1.807, 2.05) is 0 Å². The van der Waals surface area contributed by atoms with E-state index in [-0.39, 0.29) is 23.5 Å². The fourth-order valence-electron chi connectivity index (χ4n) is 2.92. The number of halogens is 1. The molecule has 1 saturated carbocycles. The highest BCUT2D eigenvalue weighted by Crippen LogP contribution is 2.26. The summed E-state index contributed by atoms with van der Waals surface area (Å²) in [5.74, 6) is -0.524. The van der Waals surface area contributed by atoms with Crippen LogP contribution in [-0.4, -0.2) is 23.2 Å². The van der Waals surface area contributed by atoms with E-state index < -0.39 is 6.10 Å². The molecule has 0 aliphatic heterocycles. The number of amides is 1. The summed E-state index contributed by atoms with van der Waals surface area (Å²) in [6.07, 6.45) is 2.93. The maximum absolute atomic E-state index is 13.3. The lowest BCUT2D eigenvalue weighted by atomic mass is 9.92. The zero-order valence-electron chi connectivity index (χ0n) is 11.9. The number of aliphatic hydroxyl groups excluding tert-OH is 1. The molecule has 2 aromatic rings. The lowest BCUT2D eigenvalue weighted by Gasteiger charge is -2.28. The molecule has 2 N–H and O–H groups in total. The molecular weight excluding hydrogens is 273 g/mol. The number of rotatable bonds is 2. The quantitative estimate of drug-likeness (QED) is 0.894. The second kappa shape index (κ2) is 5.48. The number of aryl methyl sites for hydroxylation is 1. The third-order valence-electron chi connectivity index (χ3n) is 4.15. The number of aliphatic hydroxyl groups is 1. The summed E-state index contributed by atoms with van der Waals surface area (Å²) in [6, 6.07) is 3.94. The molecule has 1 aromatic carbocycles. The van der Waals surface area contributed by atoms with Gasteiger partial charge in [-0.15, -0.1) is 0 Å². The van der Waals surface area contributed by atoms with Crippen molar-refractivity contribution >= 4 is 16.9 Å². The fourth-order valence-corrected chi connectivity index (χ4v) is 2.92. The minimum absolute atomic E-state index is 0.188. The smallest absolute Gasteiger partial charge is 0.287 e. The lowest BCUT2D eigenvalue weighted by molar-refractivity contribution is 0.0699. The standard InChI is InChI=1S/C16H18FNO3/c1-9-11-8-10(17)6-7-14(11)21-15(9)16(20)18-12-4-2-3-5-13(12)19/h6-8,12-13,19H,2-5H2,1H3,(H,18,20). The minimum atomic E-state index is -0.509. The lowest BCUT2D eigenvalue weighted by Crippen LogP contribution is -2.45. The molecule has 0 saturated heterocycles. The molecule has 4 nitrogen and oxygen atoms in total. The van der Waals surface area contributed by atoms with Crippen molar-refractivity contribution in [1.82, 2.24) is 5.32 Å². The zero-order chi connectivity index (χ0) is 15.0. The Morgan fingerprint density at radius 2 is 2.14 bits per heavy atom. The van der Waals surface area contributed by atoms with Gasteiger partial charge in [0.2, 0.25) is 0 Å². The third kappa shape index (κ3) is 2.65. The van der Waals surface area contributed by atoms with E-state index in [2.05, 4.69) is 5.32 Å². The SMILES string of the molecule is Cc1c(C(=O)NC2CCCCC2O)oc2ccc(F)cc12. The average molecular weight is 291 g/mol. The number of carbonyl (C=O) groups is 1. The van der Waals surface area contributed by atoms with Crippen LogP contribution in [0.3, 0.4) is 0 Å². The molecule has 0 radical (unpaired) electrons. The van der Waals surface area contributed by atoms with Gasteiger partial charge in [-0.25, -0.2) is 4.39 Å². The molecule has 2 unspecified atom stereocenters. The largest absolute Gasteiger partial charge is 0.451 e. The molecule has 1 aromatic heterocycles. The normalized spacial score (nSPS) is 22.4. The van der Waals surface area contributed by atoms with E-state index in [1.54, 1.807) is 6.92 Å². The second-order valence-electron chi connectivity index (χ2n) is 5.63. The highest BCUT2D eigenvalue weighted by atomic mass is 19.1. The van der Waals surface area contributed by atoms with Crippen molar-refractivity contribution in [2.75, 3.05) is 0 Å². The summed E-state index contributed by atoms with van der Waals surface area (Å²) in [7, 11) is 0. The summed E-state index contributed by atoms with van der Waals surface area (Å²) >= 11 is 0. The highest BCUT2D eigenvalue weighted by molar-refractivity contribution is 5.99. The number of hydrogen-bond donors (Lipinski definition) is 2. The average Bonchev–Trinajstić information content (AvgIpc) is 2.79. The molecule has 1 heterocycles. The third-order valence-corrected chi connectivity index (χ3v) is 4.15. The van der Waals surface area contributed by atoms with Crippen LogP contribution >= 0.6 is 0 Å². The van der Waals surface area contributed by atoms with Crippen LogP contribution in [0.4, 0.5) is 4.39 Å². The van der Waals surface area contributed by atoms with Gasteiger partial charge in [0.15, 0.2) is 5.76 Å². The number of furan rings is 1. The molecule has 0 bridgehead atoms. The number of nitrogens with one attached hydrogen (secondary N) is 1. The fraction of sp³-hybridized carbons (Fsp3) is 0.438. The Morgan fingerprint density at radius 1 is 1.38 bits per heavy atom. The molecule has 3 rings (SSSR count). The molecule has 0 spiro atoms. The summed E-state index contributed by atoms with van der Waals surface area (Å²) in [6.45, 7) is 1.73. The van der Waals surface area contributed by atoms with Crippen molar-refractivity contribution in [3.63, 3.8) is 0 Å². The molecule has 112 valence electrons. The van der Waals surface area contributed by atoms with Gasteiger partial charge in [-0.05, 0) is 38.0 Å². The number of carbonyl (C=O) groups excluding carboxylic acids is 1. The van der Waals surface area contributed by atoms with E-state index >= 15 is 0 Å². The number of hydrogen-bond acceptors (Lipinski definition) is 3. The first-order chi connectivity index (χ1) is 10.1. The van der Waals surface area contributed by atoms with E-state index in [9.17, 15) is 14.3 Å². The first kappa shape index (κ1) is 14.1. The maximum Gasteiger partial charge on any atom is 0.287 e. The topological polar surface area (TPSA) is 62.5 Å². The summed E-state index contributed by atoms with van der Waals surface area (Å²) in [5.41, 5.74) is 1.11. The predicted molar refractivity (Wildman–Crippen MR) is 76.6 cm³/mol. The van der Waals surface area contributed by atoms with Crippen LogP contribution < -0.4 is 5.32 Å². The van der Waals surface area contributed by atoms with Crippen LogP contribution in [0.5, 0.6) is 0 Å². The van der Waals surface area contributed by atoms with Gasteiger partial charge < -0.3 is 14.8 Å². The van der Waals surface area contributed by atoms with Crippen LogP contribution in [0, 0.1) is 12.7 Å². The van der Waals surface area contributed by atoms with Crippen molar-refractivity contribution in [1.29, 1.82) is 0 Å². The first-order valence-electron chi connectivity index (χ1n) is 7.24. The molecule has 1 aliphatic rings. The molecule has 1 fully saturated rings. The Hall–Kier alpha value is -1.88. The second-order valence-corrected chi connectivity index (χ2v) is 5.63. The summed E-state index contributed by atoms with van der Waals surface area (Å²) in [5, 5.41) is 13.3. The molecular formula is C16H18FNO3. The molecule has 1 amide bonds. The highest BCUT2D eigenvalue weighted by Gasteiger charge is 2.27. The number of benzene rings is 1. The first-order valence-corrected chi connectivity index (χ1v) is 7.24. The van der Waals surface area contributed by atoms with Crippen LogP contribution in [0.2, 0.25) is 0 Å². The van der Waals surface area contributed by atoms with E-state index in [0.29, 0.717) is 23.0 Å². The number of fused-ring (bicyclic) bond motifs is 1. The van der Waals surface area contributed by atoms with E-state index in [1.165, 1.54) is 18.2 Å². The van der Waals surface area contributed by atoms with Crippen molar-refractivity contribution in [2.45, 2.75) is 44.8 Å². The van der Waals surface area contributed by atoms with Gasteiger partial charge in [0, 0.05) is 10.9 Å². The monoisotopic (exact) mass is 291 g/mol. The van der Waals surface area contributed by atoms with Gasteiger partial charge in [0.25, 0.3) is 5.91 Å². The van der Waals surface area contributed by atoms with Crippen LogP contribution in [0.1, 0.15) is 41.8 Å². The van der Waals surface area contributed by atoms with Gasteiger partial charge in [0.05, 0.1) is 12.1 Å². The van der Waals surface area contributed by atoms with E-state index in [0.717, 1.165) is 19.3 Å². The zero-order valence-corrected chi connectivity index (χ0v) is 11.9. The predicted octanol–water partition coefficient (Wildman–Crippen LogP) is 2.91. The Kier molecular flexibility index (Phi) is 3.68. The molecule has 2 atom stereocenters. The van der Waals surface area contributed by atoms with Gasteiger partial charge >= 0.3 is 0 Å². The Labute approximate surface area is 121 Å². The Morgan fingerprint density at radius 3 is 2.90 bits per heavy atom. The summed E-state index contributed by atoms with van der Waals surface area (Å²) in [4.78, 5) is 12.3. The summed E-state index contributed by atoms with van der Waals surface area (Å²) < 4.78 is 18.8. The van der Waals surface area contributed by atoms with Crippen molar-refractivity contribution in [2.24, 2.45) is 0 Å². The van der Waals surface area contributed by atoms with Crippen molar-refractivity contribution < 1.29 is 18.7 Å². The Balaban J connectivity index is 1.86. The van der Waals surface area contributed by atoms with Crippen LogP contribution in [0.15, 0.2) is 22.6 Å². The van der Waals surface area contributed by atoms with Crippen LogP contribution in [0.25, 0.3) is 11.0 Å². The van der Waals surface area contributed by atoms with E-state index in [4.69, 9.17) is 4.42 Å². The van der Waals surface area contributed by atoms with Crippen molar-refractivity contribution in [3.05, 3.63) is 35.3 Å². The Bertz CT molecular complexity index is 679. The van der Waals surface area contributed by atoms with Gasteiger partial charge in [-0.3, -0.25) is 4.79 Å². The molecule has 1 aliphatic carbocycles. The van der Waals surface area contributed by atoms with Gasteiger partial charge in [-0.2, -0.15) is 0 Å². The molecule has 5 heteroatoms. The minimum Gasteiger partial charge on any atom is -0.451 e. The van der Waals surface area contributed by atoms with Gasteiger partial charge in [-0.1, -0.05) is 12.8 Å².